The number of rotatable bonds is 6. The molecule has 1 aliphatic carbocycles. The minimum absolute atomic E-state index is 0.0128. The van der Waals surface area contributed by atoms with Gasteiger partial charge in [0.1, 0.15) is 5.76 Å². The van der Waals surface area contributed by atoms with Gasteiger partial charge in [-0.15, -0.1) is 0 Å². The summed E-state index contributed by atoms with van der Waals surface area (Å²) in [6, 6.07) is 7.63. The molecule has 4 rings (SSSR count). The Labute approximate surface area is 179 Å². The van der Waals surface area contributed by atoms with Crippen molar-refractivity contribution in [1.82, 2.24) is 10.2 Å². The van der Waals surface area contributed by atoms with Crippen LogP contribution < -0.4 is 5.32 Å². The first-order valence-corrected chi connectivity index (χ1v) is 10.4. The van der Waals surface area contributed by atoms with Gasteiger partial charge in [-0.2, -0.15) is 0 Å². The molecule has 1 saturated carbocycles. The third kappa shape index (κ3) is 4.38. The van der Waals surface area contributed by atoms with Gasteiger partial charge >= 0.3 is 5.97 Å². The number of nitrogens with one attached hydrogen (secondary N) is 1. The fraction of sp³-hybridized carbons (Fsp3) is 0.391. The predicted molar refractivity (Wildman–Crippen MR) is 109 cm³/mol. The average molecular weight is 424 g/mol. The molecule has 1 fully saturated rings. The number of imide groups is 1. The van der Waals surface area contributed by atoms with E-state index in [0.29, 0.717) is 11.7 Å². The van der Waals surface area contributed by atoms with E-state index in [-0.39, 0.29) is 35.2 Å². The second-order valence-electron chi connectivity index (χ2n) is 8.05. The third-order valence-corrected chi connectivity index (χ3v) is 5.89. The average Bonchev–Trinajstić information content (AvgIpc) is 3.36. The lowest BCUT2D eigenvalue weighted by Crippen LogP contribution is -2.42. The highest BCUT2D eigenvalue weighted by Crippen LogP contribution is 2.26. The van der Waals surface area contributed by atoms with Gasteiger partial charge in [0.15, 0.2) is 6.61 Å². The largest absolute Gasteiger partial charge is 0.467 e. The quantitative estimate of drug-likeness (QED) is 0.565. The number of carbonyl (C=O) groups is 4. The van der Waals surface area contributed by atoms with Crippen LogP contribution in [-0.2, 0) is 16.1 Å². The van der Waals surface area contributed by atoms with Crippen LogP contribution in [0.3, 0.4) is 0 Å². The zero-order chi connectivity index (χ0) is 22.0. The zero-order valence-corrected chi connectivity index (χ0v) is 17.3. The van der Waals surface area contributed by atoms with Gasteiger partial charge < -0.3 is 14.5 Å². The third-order valence-electron chi connectivity index (χ3n) is 5.89. The molecular formula is C23H24N2O6. The van der Waals surface area contributed by atoms with Gasteiger partial charge in [0.05, 0.1) is 29.5 Å². The standard InChI is InChI=1S/C23H24N2O6/c1-14-5-2-3-7-19(14)24-20(26)13-31-23(29)15-8-9-17-18(11-15)22(28)25(21(17)27)12-16-6-4-10-30-16/h4,6,8-11,14,19H,2-3,5,7,12-13H2,1H3,(H,24,26)/t14-,19+/m1/s1. The van der Waals surface area contributed by atoms with E-state index in [2.05, 4.69) is 12.2 Å². The summed E-state index contributed by atoms with van der Waals surface area (Å²) in [7, 11) is 0. The van der Waals surface area contributed by atoms with E-state index >= 15 is 0 Å². The van der Waals surface area contributed by atoms with Gasteiger partial charge in [0.2, 0.25) is 0 Å². The van der Waals surface area contributed by atoms with Crippen molar-refractivity contribution >= 4 is 23.7 Å². The summed E-state index contributed by atoms with van der Waals surface area (Å²) in [4.78, 5) is 50.9. The Morgan fingerprint density at radius 3 is 2.65 bits per heavy atom. The van der Waals surface area contributed by atoms with Gasteiger partial charge in [-0.25, -0.2) is 4.79 Å². The van der Waals surface area contributed by atoms with Crippen molar-refractivity contribution in [2.24, 2.45) is 5.92 Å². The van der Waals surface area contributed by atoms with Crippen LogP contribution in [0.4, 0.5) is 0 Å². The highest BCUT2D eigenvalue weighted by molar-refractivity contribution is 6.21. The molecule has 8 nitrogen and oxygen atoms in total. The second-order valence-corrected chi connectivity index (χ2v) is 8.05. The van der Waals surface area contributed by atoms with E-state index < -0.39 is 24.4 Å². The van der Waals surface area contributed by atoms with Gasteiger partial charge in [-0.1, -0.05) is 19.8 Å². The highest BCUT2D eigenvalue weighted by Gasteiger charge is 2.36. The van der Waals surface area contributed by atoms with Crippen molar-refractivity contribution in [2.45, 2.75) is 45.2 Å². The SMILES string of the molecule is C[C@@H]1CCCC[C@@H]1NC(=O)COC(=O)c1ccc2c(c1)C(=O)N(Cc1ccco1)C2=O. The molecule has 3 amide bonds. The van der Waals surface area contributed by atoms with Crippen molar-refractivity contribution in [2.75, 3.05) is 6.61 Å². The fourth-order valence-electron chi connectivity index (χ4n) is 4.11. The van der Waals surface area contributed by atoms with Crippen molar-refractivity contribution in [1.29, 1.82) is 0 Å². The number of ether oxygens (including phenoxy) is 1. The van der Waals surface area contributed by atoms with Crippen molar-refractivity contribution in [3.8, 4) is 0 Å². The molecule has 2 aliphatic rings. The van der Waals surface area contributed by atoms with Crippen LogP contribution in [-0.4, -0.2) is 41.2 Å². The molecular weight excluding hydrogens is 400 g/mol. The second kappa shape index (κ2) is 8.75. The minimum atomic E-state index is -0.723. The van der Waals surface area contributed by atoms with Gasteiger partial charge in [-0.05, 0) is 49.1 Å². The number of carbonyl (C=O) groups excluding carboxylic acids is 4. The number of hydrogen-bond donors (Lipinski definition) is 1. The highest BCUT2D eigenvalue weighted by atomic mass is 16.5. The van der Waals surface area contributed by atoms with Crippen LogP contribution in [0, 0.1) is 5.92 Å². The topological polar surface area (TPSA) is 106 Å². The molecule has 0 bridgehead atoms. The summed E-state index contributed by atoms with van der Waals surface area (Å²) >= 11 is 0. The molecule has 0 unspecified atom stereocenters. The van der Waals surface area contributed by atoms with Crippen LogP contribution in [0.25, 0.3) is 0 Å². The van der Waals surface area contributed by atoms with Crippen molar-refractivity contribution < 1.29 is 28.3 Å². The summed E-state index contributed by atoms with van der Waals surface area (Å²) in [5.74, 6) is -1.14. The Morgan fingerprint density at radius 2 is 1.90 bits per heavy atom. The zero-order valence-electron chi connectivity index (χ0n) is 17.3. The maximum absolute atomic E-state index is 12.7. The van der Waals surface area contributed by atoms with Crippen LogP contribution in [0.15, 0.2) is 41.0 Å². The minimum Gasteiger partial charge on any atom is -0.467 e. The maximum atomic E-state index is 12.7. The molecule has 0 radical (unpaired) electrons. The number of nitrogens with zero attached hydrogens (tertiary/aromatic N) is 1. The number of hydrogen-bond acceptors (Lipinski definition) is 6. The summed E-state index contributed by atoms with van der Waals surface area (Å²) < 4.78 is 10.3. The summed E-state index contributed by atoms with van der Waals surface area (Å²) in [6.45, 7) is 1.73. The Morgan fingerprint density at radius 1 is 1.13 bits per heavy atom. The van der Waals surface area contributed by atoms with E-state index in [1.165, 1.54) is 30.9 Å². The Bertz CT molecular complexity index is 1010. The smallest absolute Gasteiger partial charge is 0.338 e. The Hall–Kier alpha value is -3.42. The lowest BCUT2D eigenvalue weighted by molar-refractivity contribution is -0.125. The normalized spacial score (nSPS) is 20.5. The van der Waals surface area contributed by atoms with Crippen LogP contribution >= 0.6 is 0 Å². The first kappa shape index (κ1) is 20.8. The number of furan rings is 1. The van der Waals surface area contributed by atoms with Crippen LogP contribution in [0.1, 0.15) is 69.4 Å². The monoisotopic (exact) mass is 424 g/mol. The van der Waals surface area contributed by atoms with E-state index in [0.717, 1.165) is 24.2 Å². The van der Waals surface area contributed by atoms with Crippen molar-refractivity contribution in [3.05, 3.63) is 59.0 Å². The molecule has 0 saturated heterocycles. The summed E-state index contributed by atoms with van der Waals surface area (Å²) in [5, 5.41) is 2.93. The van der Waals surface area contributed by atoms with Gasteiger partial charge in [0.25, 0.3) is 17.7 Å². The number of esters is 1. The fourth-order valence-corrected chi connectivity index (χ4v) is 4.11. The molecule has 2 heterocycles. The van der Waals surface area contributed by atoms with Gasteiger partial charge in [0, 0.05) is 6.04 Å². The first-order valence-electron chi connectivity index (χ1n) is 10.4. The van der Waals surface area contributed by atoms with Crippen LogP contribution in [0.2, 0.25) is 0 Å². The summed E-state index contributed by atoms with van der Waals surface area (Å²) in [5.41, 5.74) is 0.460. The lowest BCUT2D eigenvalue weighted by Gasteiger charge is -2.29. The maximum Gasteiger partial charge on any atom is 0.338 e. The molecule has 0 spiro atoms. The van der Waals surface area contributed by atoms with E-state index in [4.69, 9.17) is 9.15 Å². The number of amides is 3. The number of benzene rings is 1. The van der Waals surface area contributed by atoms with E-state index in [1.54, 1.807) is 12.1 Å². The van der Waals surface area contributed by atoms with Crippen molar-refractivity contribution in [3.63, 3.8) is 0 Å². The molecule has 162 valence electrons. The van der Waals surface area contributed by atoms with E-state index in [1.807, 2.05) is 0 Å². The molecule has 2 atom stereocenters. The Balaban J connectivity index is 1.37. The molecule has 1 aromatic heterocycles. The molecule has 31 heavy (non-hydrogen) atoms. The summed E-state index contributed by atoms with van der Waals surface area (Å²) in [6.07, 6.45) is 5.71. The van der Waals surface area contributed by atoms with Gasteiger partial charge in [-0.3, -0.25) is 19.3 Å². The van der Waals surface area contributed by atoms with Crippen LogP contribution in [0.5, 0.6) is 0 Å². The molecule has 2 aromatic rings. The number of fused-ring (bicyclic) bond motifs is 1. The van der Waals surface area contributed by atoms with E-state index in [9.17, 15) is 19.2 Å². The molecule has 1 N–H and O–H groups in total. The lowest BCUT2D eigenvalue weighted by atomic mass is 9.86. The molecule has 1 aromatic carbocycles. The molecule has 1 aliphatic heterocycles. The molecule has 8 heteroatoms. The first-order chi connectivity index (χ1) is 14.9. The Kier molecular flexibility index (Phi) is 5.88. The predicted octanol–water partition coefficient (Wildman–Crippen LogP) is 2.93.